The first kappa shape index (κ1) is 13.9. The molecule has 0 fully saturated rings. The van der Waals surface area contributed by atoms with Crippen LogP contribution in [0.1, 0.15) is 13.3 Å². The summed E-state index contributed by atoms with van der Waals surface area (Å²) in [5.74, 6) is -0.203. The van der Waals surface area contributed by atoms with E-state index in [1.807, 2.05) is 0 Å². The van der Waals surface area contributed by atoms with Gasteiger partial charge in [-0.25, -0.2) is 4.79 Å². The number of carbonyl (C=O) groups excluding carboxylic acids is 2. The molecule has 56 valence electrons. The molecule has 5 heteroatoms. The van der Waals surface area contributed by atoms with E-state index in [9.17, 15) is 14.7 Å². The third-order valence-electron chi connectivity index (χ3n) is 0.737. The maximum Gasteiger partial charge on any atom is 1.00 e. The van der Waals surface area contributed by atoms with Crippen LogP contribution < -0.4 is 56.5 Å². The summed E-state index contributed by atoms with van der Waals surface area (Å²) in [4.78, 5) is 19.7. The fraction of sp³-hybridized carbons (Fsp3) is 0.500. The maximum absolute atomic E-state index is 9.85. The van der Waals surface area contributed by atoms with Crippen molar-refractivity contribution in [1.82, 2.24) is 0 Å². The Morgan fingerprint density at radius 2 is 2.18 bits per heavy atom. The van der Waals surface area contributed by atoms with Gasteiger partial charge in [-0.3, -0.25) is 0 Å². The van der Waals surface area contributed by atoms with E-state index in [0.29, 0.717) is 0 Å². The molecule has 0 atom stereocenters. The van der Waals surface area contributed by atoms with Crippen molar-refractivity contribution in [3.63, 3.8) is 0 Å². The molecule has 0 heterocycles. The van der Waals surface area contributed by atoms with Gasteiger partial charge in [-0.1, -0.05) is 0 Å². The minimum absolute atomic E-state index is 0. The summed E-state index contributed by atoms with van der Waals surface area (Å²) in [7, 11) is 0. The second kappa shape index (κ2) is 8.45. The van der Waals surface area contributed by atoms with Gasteiger partial charge in [0, 0.05) is 5.97 Å². The zero-order valence-corrected chi connectivity index (χ0v) is 9.67. The number of aliphatic carboxylic acids is 1. The van der Waals surface area contributed by atoms with Crippen molar-refractivity contribution in [2.75, 3.05) is 6.61 Å². The van der Waals surface area contributed by atoms with E-state index in [1.165, 1.54) is 5.94 Å². The van der Waals surface area contributed by atoms with Crippen LogP contribution >= 0.6 is 0 Å². The Hall–Kier alpha value is 0.356. The van der Waals surface area contributed by atoms with Crippen LogP contribution in [0.5, 0.6) is 0 Å². The first-order valence-electron chi connectivity index (χ1n) is 2.77. The third kappa shape index (κ3) is 8.26. The molecule has 0 aliphatic carbocycles. The zero-order valence-electron chi connectivity index (χ0n) is 6.55. The monoisotopic (exact) mass is 182 g/mol. The Morgan fingerprint density at radius 3 is 2.45 bits per heavy atom. The van der Waals surface area contributed by atoms with Crippen molar-refractivity contribution in [1.29, 1.82) is 0 Å². The van der Waals surface area contributed by atoms with E-state index < -0.39 is 12.4 Å². The van der Waals surface area contributed by atoms with Crippen LogP contribution in [-0.4, -0.2) is 18.5 Å². The third-order valence-corrected chi connectivity index (χ3v) is 0.737. The molecular weight excluding hydrogens is 175 g/mol. The summed E-state index contributed by atoms with van der Waals surface area (Å²) in [6, 6.07) is 0. The number of carboxylic acids is 1. The van der Waals surface area contributed by atoms with Gasteiger partial charge in [0.15, 0.2) is 11.7 Å². The number of carboxylic acid groups (broad SMARTS) is 1. The van der Waals surface area contributed by atoms with Gasteiger partial charge >= 0.3 is 51.4 Å². The largest absolute Gasteiger partial charge is 1.00 e. The van der Waals surface area contributed by atoms with Crippen LogP contribution in [0.15, 0.2) is 5.76 Å². The topological polar surface area (TPSA) is 66.4 Å². The Kier molecular flexibility index (Phi) is 10.7. The van der Waals surface area contributed by atoms with Crippen LogP contribution in [0.4, 0.5) is 0 Å². The van der Waals surface area contributed by atoms with Gasteiger partial charge in [0.2, 0.25) is 0 Å². The van der Waals surface area contributed by atoms with Gasteiger partial charge in [0.1, 0.15) is 0 Å². The molecule has 11 heavy (non-hydrogen) atoms. The van der Waals surface area contributed by atoms with Gasteiger partial charge in [0.05, 0.1) is 13.0 Å². The maximum atomic E-state index is 9.85. The molecule has 0 saturated heterocycles. The first-order chi connectivity index (χ1) is 4.70. The molecule has 0 aromatic carbocycles. The molecule has 0 unspecified atom stereocenters. The summed E-state index contributed by atoms with van der Waals surface area (Å²) in [5.41, 5.74) is 0. The van der Waals surface area contributed by atoms with Crippen molar-refractivity contribution in [3.8, 4) is 0 Å². The van der Waals surface area contributed by atoms with Crippen molar-refractivity contribution in [3.05, 3.63) is 5.76 Å². The fourth-order valence-corrected chi connectivity index (χ4v) is 0.422. The average Bonchev–Trinajstić information content (AvgIpc) is 1.86. The zero-order chi connectivity index (χ0) is 7.98. The number of hydrogen-bond donors (Lipinski definition) is 0. The van der Waals surface area contributed by atoms with Crippen LogP contribution in [0.25, 0.3) is 0 Å². The molecule has 0 aromatic heterocycles. The summed E-state index contributed by atoms with van der Waals surface area (Å²) < 4.78 is 4.57. The molecule has 0 aliphatic rings. The number of carbonyl (C=O) groups is 1. The molecule has 0 spiro atoms. The van der Waals surface area contributed by atoms with Gasteiger partial charge in [-0.15, -0.1) is 0 Å². The average molecular weight is 182 g/mol. The van der Waals surface area contributed by atoms with E-state index in [2.05, 4.69) is 4.74 Å². The Balaban J connectivity index is 0. The van der Waals surface area contributed by atoms with Crippen molar-refractivity contribution >= 4 is 11.9 Å². The van der Waals surface area contributed by atoms with Crippen molar-refractivity contribution in [2.24, 2.45) is 0 Å². The van der Waals surface area contributed by atoms with E-state index in [0.717, 1.165) is 0 Å². The standard InChI is InChI=1S/C6H8O4.K/c1-2-10-5(4-7)3-6(8)9;/h2-3H2,1H3,(H,8,9);/q;+1/p-1. The van der Waals surface area contributed by atoms with E-state index in [1.54, 1.807) is 6.92 Å². The molecule has 0 aromatic rings. The summed E-state index contributed by atoms with van der Waals surface area (Å²) in [6.07, 6.45) is -0.503. The molecule has 0 aliphatic heterocycles. The molecule has 0 bridgehead atoms. The van der Waals surface area contributed by atoms with Crippen molar-refractivity contribution < 1.29 is 70.8 Å². The minimum atomic E-state index is -1.34. The molecule has 0 saturated carbocycles. The quantitative estimate of drug-likeness (QED) is 0.252. The van der Waals surface area contributed by atoms with Crippen LogP contribution in [0, 0.1) is 0 Å². The number of rotatable bonds is 4. The second-order valence-electron chi connectivity index (χ2n) is 1.51. The molecule has 0 rings (SSSR count). The Morgan fingerprint density at radius 1 is 1.64 bits per heavy atom. The molecule has 4 nitrogen and oxygen atoms in total. The normalized spacial score (nSPS) is 7.36. The van der Waals surface area contributed by atoms with Gasteiger partial charge in [-0.05, 0) is 6.92 Å². The van der Waals surface area contributed by atoms with E-state index in [-0.39, 0.29) is 63.8 Å². The summed E-state index contributed by atoms with van der Waals surface area (Å²) in [5, 5.41) is 9.85. The van der Waals surface area contributed by atoms with E-state index >= 15 is 0 Å². The van der Waals surface area contributed by atoms with Gasteiger partial charge < -0.3 is 14.6 Å². The minimum Gasteiger partial charge on any atom is -0.550 e. The predicted molar refractivity (Wildman–Crippen MR) is 30.5 cm³/mol. The van der Waals surface area contributed by atoms with Crippen LogP contribution in [0.2, 0.25) is 0 Å². The van der Waals surface area contributed by atoms with Gasteiger partial charge in [0.25, 0.3) is 0 Å². The Bertz CT molecular complexity index is 171. The molecule has 0 N–H and O–H groups in total. The first-order valence-corrected chi connectivity index (χ1v) is 2.77. The summed E-state index contributed by atoms with van der Waals surface area (Å²) >= 11 is 0. The van der Waals surface area contributed by atoms with Crippen molar-refractivity contribution in [2.45, 2.75) is 13.3 Å². The smallest absolute Gasteiger partial charge is 0.550 e. The number of hydrogen-bond acceptors (Lipinski definition) is 4. The van der Waals surface area contributed by atoms with Gasteiger partial charge in [-0.2, -0.15) is 0 Å². The summed E-state index contributed by atoms with van der Waals surface area (Å²) in [6.45, 7) is 1.91. The number of ether oxygens (including phenoxy) is 1. The molecular formula is C6H7KO4. The molecule has 0 radical (unpaired) electrons. The fourth-order valence-electron chi connectivity index (χ4n) is 0.422. The second-order valence-corrected chi connectivity index (χ2v) is 1.51. The molecule has 0 amide bonds. The van der Waals surface area contributed by atoms with E-state index in [4.69, 9.17) is 0 Å². The van der Waals surface area contributed by atoms with Crippen LogP contribution in [0.3, 0.4) is 0 Å². The Labute approximate surface area is 107 Å². The predicted octanol–water partition coefficient (Wildman–Crippen LogP) is -4.12. The SMILES string of the molecule is CCOC(=C=O)CC(=O)[O-].[K+]. The van der Waals surface area contributed by atoms with Crippen LogP contribution in [-0.2, 0) is 14.3 Å².